The zero-order valence-corrected chi connectivity index (χ0v) is 20.1. The molecule has 1 N–H and O–H groups in total. The molecule has 1 atom stereocenters. The lowest BCUT2D eigenvalue weighted by atomic mass is 9.94. The average molecular weight is 467 g/mol. The smallest absolute Gasteiger partial charge is 0.227 e. The minimum Gasteiger partial charge on any atom is -0.381 e. The summed E-state index contributed by atoms with van der Waals surface area (Å²) in [7, 11) is 1.76. The van der Waals surface area contributed by atoms with E-state index < -0.39 is 0 Å². The van der Waals surface area contributed by atoms with Gasteiger partial charge in [0.05, 0.1) is 28.1 Å². The molecule has 174 valence electrons. The lowest BCUT2D eigenvalue weighted by Gasteiger charge is -2.38. The van der Waals surface area contributed by atoms with Gasteiger partial charge in [-0.15, -0.1) is 0 Å². The molecule has 2 saturated heterocycles. The number of nitrogens with zero attached hydrogens (tertiary/aromatic N) is 3. The summed E-state index contributed by atoms with van der Waals surface area (Å²) in [5.74, 6) is 1.09. The summed E-state index contributed by atoms with van der Waals surface area (Å²) in [6, 6.07) is 12.3. The quantitative estimate of drug-likeness (QED) is 0.584. The van der Waals surface area contributed by atoms with Crippen LogP contribution in [0.1, 0.15) is 31.2 Å². The number of hydrogen-bond acceptors (Lipinski definition) is 4. The van der Waals surface area contributed by atoms with Crippen molar-refractivity contribution in [1.82, 2.24) is 14.9 Å². The Morgan fingerprint density at radius 2 is 1.94 bits per heavy atom. The number of anilines is 1. The van der Waals surface area contributed by atoms with Crippen LogP contribution < -0.4 is 4.90 Å². The van der Waals surface area contributed by atoms with Gasteiger partial charge in [-0.3, -0.25) is 4.79 Å². The number of methoxy groups -OCH3 is 1. The van der Waals surface area contributed by atoms with Crippen LogP contribution in [0.2, 0.25) is 5.02 Å². The van der Waals surface area contributed by atoms with E-state index in [1.54, 1.807) is 7.11 Å². The normalized spacial score (nSPS) is 19.9. The summed E-state index contributed by atoms with van der Waals surface area (Å²) >= 11 is 6.58. The number of carbonyl (C=O) groups is 1. The number of amides is 1. The van der Waals surface area contributed by atoms with Crippen LogP contribution in [-0.2, 0) is 9.53 Å². The molecule has 0 radical (unpaired) electrons. The number of aryl methyl sites for hydroxylation is 1. The first kappa shape index (κ1) is 22.2. The Morgan fingerprint density at radius 3 is 2.73 bits per heavy atom. The van der Waals surface area contributed by atoms with Gasteiger partial charge in [-0.05, 0) is 68.5 Å². The molecular formula is C26H31ClN4O2. The number of halogens is 1. The molecule has 0 unspecified atom stereocenters. The Morgan fingerprint density at radius 1 is 1.12 bits per heavy atom. The molecule has 1 aromatic heterocycles. The molecule has 7 heteroatoms. The molecule has 3 heterocycles. The second kappa shape index (κ2) is 9.35. The first-order valence-electron chi connectivity index (χ1n) is 11.8. The average Bonchev–Trinajstić information content (AvgIpc) is 3.27. The number of H-pyrrole nitrogens is 1. The lowest BCUT2D eigenvalue weighted by Crippen LogP contribution is -2.48. The van der Waals surface area contributed by atoms with Crippen LogP contribution in [0, 0.1) is 12.8 Å². The number of piperidine rings is 2. The molecule has 0 bridgehead atoms. The first-order chi connectivity index (χ1) is 16.0. The van der Waals surface area contributed by atoms with Crippen LogP contribution in [0.15, 0.2) is 36.4 Å². The molecule has 2 fully saturated rings. The second-order valence-corrected chi connectivity index (χ2v) is 9.72. The highest BCUT2D eigenvalue weighted by molar-refractivity contribution is 6.33. The highest BCUT2D eigenvalue weighted by atomic mass is 35.5. The molecule has 2 aliphatic heterocycles. The lowest BCUT2D eigenvalue weighted by molar-refractivity contribution is -0.138. The molecule has 33 heavy (non-hydrogen) atoms. The third kappa shape index (κ3) is 4.59. The number of likely N-dealkylation sites (tertiary alicyclic amines) is 1. The van der Waals surface area contributed by atoms with E-state index in [4.69, 9.17) is 21.3 Å². The Hall–Kier alpha value is -2.57. The molecule has 2 aromatic carbocycles. The predicted octanol–water partition coefficient (Wildman–Crippen LogP) is 5.05. The van der Waals surface area contributed by atoms with E-state index in [-0.39, 0.29) is 17.9 Å². The summed E-state index contributed by atoms with van der Waals surface area (Å²) in [6.07, 6.45) is 4.09. The molecule has 1 amide bonds. The zero-order chi connectivity index (χ0) is 22.9. The maximum Gasteiger partial charge on any atom is 0.227 e. The first-order valence-corrected chi connectivity index (χ1v) is 12.2. The van der Waals surface area contributed by atoms with Gasteiger partial charge in [-0.25, -0.2) is 4.98 Å². The largest absolute Gasteiger partial charge is 0.381 e. The predicted molar refractivity (Wildman–Crippen MR) is 133 cm³/mol. The van der Waals surface area contributed by atoms with Crippen LogP contribution in [0.4, 0.5) is 5.69 Å². The number of imidazole rings is 1. The van der Waals surface area contributed by atoms with E-state index in [1.807, 2.05) is 17.0 Å². The molecular weight excluding hydrogens is 436 g/mol. The van der Waals surface area contributed by atoms with E-state index in [9.17, 15) is 4.79 Å². The van der Waals surface area contributed by atoms with Gasteiger partial charge in [0, 0.05) is 44.5 Å². The van der Waals surface area contributed by atoms with Crippen LogP contribution in [0.25, 0.3) is 22.4 Å². The summed E-state index contributed by atoms with van der Waals surface area (Å²) < 4.78 is 5.46. The van der Waals surface area contributed by atoms with E-state index in [0.29, 0.717) is 5.02 Å². The van der Waals surface area contributed by atoms with Gasteiger partial charge in [0.15, 0.2) is 0 Å². The third-order valence-corrected chi connectivity index (χ3v) is 7.39. The fourth-order valence-electron chi connectivity index (χ4n) is 5.13. The fourth-order valence-corrected chi connectivity index (χ4v) is 5.33. The minimum atomic E-state index is 0.0335. The van der Waals surface area contributed by atoms with Crippen molar-refractivity contribution in [3.8, 4) is 11.4 Å². The van der Waals surface area contributed by atoms with Crippen LogP contribution >= 0.6 is 11.6 Å². The molecule has 5 rings (SSSR count). The maximum atomic E-state index is 13.2. The molecule has 6 nitrogen and oxygen atoms in total. The van der Waals surface area contributed by atoms with Gasteiger partial charge < -0.3 is 19.5 Å². The number of carbonyl (C=O) groups excluding carboxylic acids is 1. The van der Waals surface area contributed by atoms with Gasteiger partial charge >= 0.3 is 0 Å². The van der Waals surface area contributed by atoms with E-state index in [0.717, 1.165) is 80.0 Å². The fraction of sp³-hybridized carbons (Fsp3) is 0.462. The number of benzene rings is 2. The van der Waals surface area contributed by atoms with E-state index >= 15 is 0 Å². The third-order valence-electron chi connectivity index (χ3n) is 7.07. The monoisotopic (exact) mass is 466 g/mol. The standard InChI is InChI=1S/C26H31ClN4O2/c1-17-5-8-23-24(14-17)29-25(28-23)21-15-19(6-7-22(21)27)31-11-3-4-18(16-31)26(32)30-12-9-20(33-2)10-13-30/h5-8,14-15,18,20H,3-4,9-13,16H2,1-2H3,(H,28,29)/t18-/m0/s1. The van der Waals surface area contributed by atoms with E-state index in [2.05, 4.69) is 41.1 Å². The van der Waals surface area contributed by atoms with Crippen molar-refractivity contribution in [3.05, 3.63) is 47.0 Å². The van der Waals surface area contributed by atoms with Crippen molar-refractivity contribution in [2.75, 3.05) is 38.2 Å². The SMILES string of the molecule is COC1CCN(C(=O)[C@H]2CCCN(c3ccc(Cl)c(-c4nc5ccc(C)cc5[nH]4)c3)C2)CC1. The Labute approximate surface area is 199 Å². The zero-order valence-electron chi connectivity index (χ0n) is 19.3. The maximum absolute atomic E-state index is 13.2. The molecule has 0 saturated carbocycles. The topological polar surface area (TPSA) is 61.5 Å². The van der Waals surface area contributed by atoms with Gasteiger partial charge in [0.25, 0.3) is 0 Å². The van der Waals surface area contributed by atoms with Crippen molar-refractivity contribution in [2.45, 2.75) is 38.7 Å². The number of ether oxygens (including phenoxy) is 1. The number of fused-ring (bicyclic) bond motifs is 1. The molecule has 2 aliphatic rings. The van der Waals surface area contributed by atoms with Crippen molar-refractivity contribution >= 4 is 34.2 Å². The highest BCUT2D eigenvalue weighted by Crippen LogP contribution is 2.33. The van der Waals surface area contributed by atoms with Crippen molar-refractivity contribution in [3.63, 3.8) is 0 Å². The summed E-state index contributed by atoms with van der Waals surface area (Å²) in [6.45, 7) is 5.34. The minimum absolute atomic E-state index is 0.0335. The van der Waals surface area contributed by atoms with Crippen molar-refractivity contribution in [1.29, 1.82) is 0 Å². The van der Waals surface area contributed by atoms with Gasteiger partial charge in [0.1, 0.15) is 5.82 Å². The summed E-state index contributed by atoms with van der Waals surface area (Å²) in [5, 5.41) is 0.667. The number of rotatable bonds is 4. The van der Waals surface area contributed by atoms with Crippen molar-refractivity contribution < 1.29 is 9.53 Å². The Kier molecular flexibility index (Phi) is 6.30. The molecule has 3 aromatic rings. The number of aromatic nitrogens is 2. The molecule has 0 spiro atoms. The van der Waals surface area contributed by atoms with Crippen LogP contribution in [-0.4, -0.2) is 60.2 Å². The number of hydrogen-bond donors (Lipinski definition) is 1. The van der Waals surface area contributed by atoms with Gasteiger partial charge in [-0.1, -0.05) is 17.7 Å². The molecule has 0 aliphatic carbocycles. The Bertz CT molecular complexity index is 1150. The Balaban J connectivity index is 1.34. The van der Waals surface area contributed by atoms with Crippen LogP contribution in [0.3, 0.4) is 0 Å². The number of aromatic amines is 1. The van der Waals surface area contributed by atoms with Gasteiger partial charge in [0.2, 0.25) is 5.91 Å². The van der Waals surface area contributed by atoms with E-state index in [1.165, 1.54) is 5.56 Å². The number of nitrogens with one attached hydrogen (secondary N) is 1. The highest BCUT2D eigenvalue weighted by Gasteiger charge is 2.31. The summed E-state index contributed by atoms with van der Waals surface area (Å²) in [4.78, 5) is 25.7. The van der Waals surface area contributed by atoms with Crippen molar-refractivity contribution in [2.24, 2.45) is 5.92 Å². The van der Waals surface area contributed by atoms with Crippen LogP contribution in [0.5, 0.6) is 0 Å². The second-order valence-electron chi connectivity index (χ2n) is 9.32. The van der Waals surface area contributed by atoms with Gasteiger partial charge in [-0.2, -0.15) is 0 Å². The summed E-state index contributed by atoms with van der Waals surface area (Å²) in [5.41, 5.74) is 5.10.